The predicted octanol–water partition coefficient (Wildman–Crippen LogP) is 3.19. The van der Waals surface area contributed by atoms with Crippen molar-refractivity contribution >= 4 is 0 Å². The number of methoxy groups -OCH3 is 2. The molecule has 0 aliphatic carbocycles. The van der Waals surface area contributed by atoms with E-state index in [1.807, 2.05) is 25.1 Å². The third-order valence-corrected chi connectivity index (χ3v) is 6.11. The maximum absolute atomic E-state index is 10.5. The zero-order valence-corrected chi connectivity index (χ0v) is 19.5. The number of hydrogen-bond donors (Lipinski definition) is 1. The zero-order valence-electron chi connectivity index (χ0n) is 19.5. The van der Waals surface area contributed by atoms with Gasteiger partial charge in [0.15, 0.2) is 0 Å². The molecule has 2 aromatic rings. The highest BCUT2D eigenvalue weighted by atomic mass is 16.5. The highest BCUT2D eigenvalue weighted by molar-refractivity contribution is 5.44. The number of aliphatic hydroxyl groups is 1. The van der Waals surface area contributed by atoms with Crippen molar-refractivity contribution in [2.24, 2.45) is 0 Å². The number of ether oxygens (including phenoxy) is 3. The molecule has 31 heavy (non-hydrogen) atoms. The van der Waals surface area contributed by atoms with Crippen LogP contribution in [0.15, 0.2) is 30.3 Å². The molecule has 1 aliphatic heterocycles. The average Bonchev–Trinajstić information content (AvgIpc) is 2.77. The van der Waals surface area contributed by atoms with Crippen LogP contribution in [0, 0.1) is 20.8 Å². The Balaban J connectivity index is 1.47. The molecule has 0 spiro atoms. The molecule has 0 aromatic heterocycles. The van der Waals surface area contributed by atoms with E-state index in [1.54, 1.807) is 14.2 Å². The standard InChI is InChI=1S/C25H36N2O4/c1-18-6-7-19(2)25(20(18)3)31-17-22(28)16-27-12-10-26(11-13-27)15-21-14-23(29-4)8-9-24(21)30-5/h6-9,14,22,28H,10-13,15-17H2,1-5H3. The Hall–Kier alpha value is -2.28. The first-order chi connectivity index (χ1) is 14.9. The van der Waals surface area contributed by atoms with Gasteiger partial charge in [0.1, 0.15) is 30.0 Å². The average molecular weight is 429 g/mol. The number of β-amino-alcohol motifs (C(OH)–C–C–N with tert-alkyl or cyclic N) is 1. The van der Waals surface area contributed by atoms with Crippen molar-refractivity contribution in [3.8, 4) is 17.2 Å². The van der Waals surface area contributed by atoms with Crippen LogP contribution in [-0.4, -0.2) is 74.6 Å². The minimum Gasteiger partial charge on any atom is -0.497 e. The molecule has 2 aromatic carbocycles. The van der Waals surface area contributed by atoms with E-state index in [-0.39, 0.29) is 0 Å². The first-order valence-electron chi connectivity index (χ1n) is 10.9. The van der Waals surface area contributed by atoms with E-state index in [4.69, 9.17) is 14.2 Å². The number of aryl methyl sites for hydroxylation is 2. The van der Waals surface area contributed by atoms with E-state index in [0.29, 0.717) is 13.2 Å². The molecule has 3 rings (SSSR count). The maximum Gasteiger partial charge on any atom is 0.125 e. The van der Waals surface area contributed by atoms with Crippen LogP contribution in [0.5, 0.6) is 17.2 Å². The lowest BCUT2D eigenvalue weighted by Crippen LogP contribution is -2.48. The van der Waals surface area contributed by atoms with Crippen molar-refractivity contribution in [2.45, 2.75) is 33.4 Å². The van der Waals surface area contributed by atoms with Crippen molar-refractivity contribution in [2.75, 3.05) is 53.6 Å². The van der Waals surface area contributed by atoms with Crippen molar-refractivity contribution in [3.05, 3.63) is 52.6 Å². The van der Waals surface area contributed by atoms with Crippen molar-refractivity contribution < 1.29 is 19.3 Å². The number of benzene rings is 2. The number of nitrogens with zero attached hydrogens (tertiary/aromatic N) is 2. The van der Waals surface area contributed by atoms with Gasteiger partial charge in [-0.1, -0.05) is 12.1 Å². The summed E-state index contributed by atoms with van der Waals surface area (Å²) in [7, 11) is 3.38. The summed E-state index contributed by atoms with van der Waals surface area (Å²) in [4.78, 5) is 4.72. The Morgan fingerprint density at radius 2 is 1.58 bits per heavy atom. The molecular weight excluding hydrogens is 392 g/mol. The highest BCUT2D eigenvalue weighted by Gasteiger charge is 2.21. The van der Waals surface area contributed by atoms with Gasteiger partial charge in [0.25, 0.3) is 0 Å². The molecular formula is C25H36N2O4. The summed E-state index contributed by atoms with van der Waals surface area (Å²) in [6.45, 7) is 11.7. The molecule has 1 saturated heterocycles. The fourth-order valence-electron chi connectivity index (χ4n) is 4.05. The molecule has 0 bridgehead atoms. The Morgan fingerprint density at radius 1 is 0.903 bits per heavy atom. The van der Waals surface area contributed by atoms with Gasteiger partial charge in [-0.15, -0.1) is 0 Å². The van der Waals surface area contributed by atoms with E-state index in [1.165, 1.54) is 5.56 Å². The lowest BCUT2D eigenvalue weighted by atomic mass is 10.1. The monoisotopic (exact) mass is 428 g/mol. The fourth-order valence-corrected chi connectivity index (χ4v) is 4.05. The third kappa shape index (κ3) is 6.12. The molecule has 0 radical (unpaired) electrons. The Morgan fingerprint density at radius 3 is 2.26 bits per heavy atom. The van der Waals surface area contributed by atoms with Gasteiger partial charge < -0.3 is 19.3 Å². The molecule has 6 heteroatoms. The highest BCUT2D eigenvalue weighted by Crippen LogP contribution is 2.27. The van der Waals surface area contributed by atoms with Gasteiger partial charge in [-0.05, 0) is 55.7 Å². The molecule has 1 N–H and O–H groups in total. The molecule has 1 atom stereocenters. The van der Waals surface area contributed by atoms with Crippen LogP contribution in [0.2, 0.25) is 0 Å². The predicted molar refractivity (Wildman–Crippen MR) is 123 cm³/mol. The fraction of sp³-hybridized carbons (Fsp3) is 0.520. The number of hydrogen-bond acceptors (Lipinski definition) is 6. The van der Waals surface area contributed by atoms with E-state index < -0.39 is 6.10 Å². The molecule has 0 saturated carbocycles. The van der Waals surface area contributed by atoms with Crippen LogP contribution < -0.4 is 14.2 Å². The van der Waals surface area contributed by atoms with Crippen LogP contribution in [0.25, 0.3) is 0 Å². The second-order valence-electron chi connectivity index (χ2n) is 8.37. The number of rotatable bonds is 9. The van der Waals surface area contributed by atoms with Crippen LogP contribution in [0.4, 0.5) is 0 Å². The molecule has 0 amide bonds. The normalized spacial score (nSPS) is 16.2. The maximum atomic E-state index is 10.5. The minimum absolute atomic E-state index is 0.312. The van der Waals surface area contributed by atoms with E-state index in [0.717, 1.165) is 66.7 Å². The summed E-state index contributed by atoms with van der Waals surface area (Å²) < 4.78 is 16.9. The van der Waals surface area contributed by atoms with Crippen LogP contribution in [-0.2, 0) is 6.54 Å². The summed E-state index contributed by atoms with van der Waals surface area (Å²) >= 11 is 0. The van der Waals surface area contributed by atoms with E-state index in [9.17, 15) is 5.11 Å². The van der Waals surface area contributed by atoms with Crippen LogP contribution in [0.1, 0.15) is 22.3 Å². The third-order valence-electron chi connectivity index (χ3n) is 6.11. The van der Waals surface area contributed by atoms with Gasteiger partial charge in [-0.25, -0.2) is 0 Å². The number of aliphatic hydroxyl groups excluding tert-OH is 1. The van der Waals surface area contributed by atoms with E-state index >= 15 is 0 Å². The second kappa shape index (κ2) is 10.8. The molecule has 1 heterocycles. The van der Waals surface area contributed by atoms with Crippen LogP contribution in [0.3, 0.4) is 0 Å². The van der Waals surface area contributed by atoms with Crippen molar-refractivity contribution in [1.82, 2.24) is 9.80 Å². The summed E-state index contributed by atoms with van der Waals surface area (Å²) in [5.74, 6) is 2.63. The second-order valence-corrected chi connectivity index (χ2v) is 8.37. The SMILES string of the molecule is COc1ccc(OC)c(CN2CCN(CC(O)COc3c(C)ccc(C)c3C)CC2)c1. The summed E-state index contributed by atoms with van der Waals surface area (Å²) in [5, 5.41) is 10.5. The lowest BCUT2D eigenvalue weighted by molar-refractivity contribution is 0.0442. The van der Waals surface area contributed by atoms with Gasteiger partial charge >= 0.3 is 0 Å². The van der Waals surface area contributed by atoms with Gasteiger partial charge in [0.05, 0.1) is 14.2 Å². The lowest BCUT2D eigenvalue weighted by Gasteiger charge is -2.35. The first-order valence-corrected chi connectivity index (χ1v) is 10.9. The van der Waals surface area contributed by atoms with Crippen molar-refractivity contribution in [3.63, 3.8) is 0 Å². The Labute approximate surface area is 186 Å². The van der Waals surface area contributed by atoms with Gasteiger partial charge in [0, 0.05) is 44.8 Å². The quantitative estimate of drug-likeness (QED) is 0.662. The van der Waals surface area contributed by atoms with E-state index in [2.05, 4.69) is 35.8 Å². The Kier molecular flexibility index (Phi) is 8.18. The van der Waals surface area contributed by atoms with Gasteiger partial charge in [0.2, 0.25) is 0 Å². The molecule has 1 unspecified atom stereocenters. The summed E-state index contributed by atoms with van der Waals surface area (Å²) in [6, 6.07) is 10.1. The summed E-state index contributed by atoms with van der Waals surface area (Å²) in [5.41, 5.74) is 4.59. The Bertz CT molecular complexity index is 863. The molecule has 1 aliphatic rings. The topological polar surface area (TPSA) is 54.4 Å². The minimum atomic E-state index is -0.510. The summed E-state index contributed by atoms with van der Waals surface area (Å²) in [6.07, 6.45) is -0.510. The van der Waals surface area contributed by atoms with Gasteiger partial charge in [-0.3, -0.25) is 9.80 Å². The zero-order chi connectivity index (χ0) is 22.4. The molecule has 170 valence electrons. The molecule has 6 nitrogen and oxygen atoms in total. The number of piperazine rings is 1. The first kappa shape index (κ1) is 23.4. The van der Waals surface area contributed by atoms with Crippen LogP contribution >= 0.6 is 0 Å². The molecule has 1 fully saturated rings. The van der Waals surface area contributed by atoms with Crippen molar-refractivity contribution in [1.29, 1.82) is 0 Å². The van der Waals surface area contributed by atoms with Gasteiger partial charge in [-0.2, -0.15) is 0 Å². The largest absolute Gasteiger partial charge is 0.497 e. The smallest absolute Gasteiger partial charge is 0.125 e.